The smallest absolute Gasteiger partial charge is 0.422 e. The fraction of sp³-hybridized carbons (Fsp3) is 0.333. The van der Waals surface area contributed by atoms with Crippen LogP contribution in [0.4, 0.5) is 18.9 Å². The molecule has 0 aromatic carbocycles. The monoisotopic (exact) mass is 314 g/mol. The molecule has 0 bridgehead atoms. The first kappa shape index (κ1) is 16.0. The van der Waals surface area contributed by atoms with Crippen molar-refractivity contribution in [2.75, 3.05) is 17.1 Å². The minimum absolute atomic E-state index is 0.0920. The fourth-order valence-corrected chi connectivity index (χ4v) is 1.94. The maximum absolute atomic E-state index is 11.9. The zero-order valence-corrected chi connectivity index (χ0v) is 10.5. The number of aliphatic carboxylic acids is 1. The van der Waals surface area contributed by atoms with Crippen LogP contribution in [0.1, 0.15) is 0 Å². The predicted molar refractivity (Wildman–Crippen MR) is 60.8 cm³/mol. The molecule has 0 spiro atoms. The lowest BCUT2D eigenvalue weighted by atomic mass is 10.4. The lowest BCUT2D eigenvalue weighted by molar-refractivity contribution is -0.154. The quantitative estimate of drug-likeness (QED) is 0.806. The Morgan fingerprint density at radius 2 is 2.05 bits per heavy atom. The van der Waals surface area contributed by atoms with Crippen LogP contribution < -0.4 is 9.46 Å². The van der Waals surface area contributed by atoms with Gasteiger partial charge in [-0.1, -0.05) is 0 Å². The summed E-state index contributed by atoms with van der Waals surface area (Å²) in [5, 5.41) is 8.36. The van der Waals surface area contributed by atoms with E-state index >= 15 is 0 Å². The van der Waals surface area contributed by atoms with Crippen molar-refractivity contribution in [2.45, 2.75) is 6.18 Å². The molecule has 0 aliphatic carbocycles. The van der Waals surface area contributed by atoms with Crippen molar-refractivity contribution in [1.82, 2.24) is 4.98 Å². The van der Waals surface area contributed by atoms with E-state index in [-0.39, 0.29) is 11.6 Å². The number of ether oxygens (including phenoxy) is 1. The molecule has 2 N–H and O–H groups in total. The van der Waals surface area contributed by atoms with Crippen LogP contribution in [-0.2, 0) is 14.8 Å². The van der Waals surface area contributed by atoms with Crippen molar-refractivity contribution < 1.29 is 36.2 Å². The summed E-state index contributed by atoms with van der Waals surface area (Å²) in [6.07, 6.45) is -3.60. The number of carboxylic acid groups (broad SMARTS) is 1. The Hall–Kier alpha value is -2.04. The molecular weight excluding hydrogens is 305 g/mol. The number of hydrogen-bond donors (Lipinski definition) is 2. The number of pyridine rings is 1. The van der Waals surface area contributed by atoms with E-state index in [1.807, 2.05) is 4.72 Å². The van der Waals surface area contributed by atoms with Gasteiger partial charge in [-0.3, -0.25) is 9.52 Å². The number of rotatable bonds is 6. The number of halogens is 3. The highest BCUT2D eigenvalue weighted by Gasteiger charge is 2.28. The Morgan fingerprint density at radius 1 is 1.40 bits per heavy atom. The van der Waals surface area contributed by atoms with Gasteiger partial charge in [0.1, 0.15) is 0 Å². The van der Waals surface area contributed by atoms with Gasteiger partial charge in [0, 0.05) is 6.07 Å². The van der Waals surface area contributed by atoms with E-state index < -0.39 is 34.5 Å². The van der Waals surface area contributed by atoms with Gasteiger partial charge < -0.3 is 9.84 Å². The fourth-order valence-electron chi connectivity index (χ4n) is 1.06. The van der Waals surface area contributed by atoms with E-state index in [1.165, 1.54) is 0 Å². The van der Waals surface area contributed by atoms with Gasteiger partial charge in [0.15, 0.2) is 12.4 Å². The zero-order chi connectivity index (χ0) is 15.4. The molecule has 0 saturated carbocycles. The Kier molecular flexibility index (Phi) is 4.76. The van der Waals surface area contributed by atoms with Crippen molar-refractivity contribution in [3.63, 3.8) is 0 Å². The second-order valence-corrected chi connectivity index (χ2v) is 5.27. The third kappa shape index (κ3) is 6.22. The molecule has 20 heavy (non-hydrogen) atoms. The number of carboxylic acids is 1. The molecule has 1 rings (SSSR count). The minimum Gasteiger partial charge on any atom is -0.480 e. The number of anilines is 1. The van der Waals surface area contributed by atoms with Gasteiger partial charge in [0.2, 0.25) is 15.9 Å². The summed E-state index contributed by atoms with van der Waals surface area (Å²) >= 11 is 0. The minimum atomic E-state index is -4.51. The SMILES string of the molecule is O=C(O)CS(=O)(=O)Nc1ccc(OCC(F)(F)F)nc1. The van der Waals surface area contributed by atoms with E-state index in [9.17, 15) is 26.4 Å². The second kappa shape index (κ2) is 5.94. The van der Waals surface area contributed by atoms with Gasteiger partial charge in [0.05, 0.1) is 11.9 Å². The molecule has 0 aliphatic heterocycles. The first-order valence-electron chi connectivity index (χ1n) is 4.95. The highest BCUT2D eigenvalue weighted by Crippen LogP contribution is 2.18. The molecular formula is C9H9F3N2O5S. The second-order valence-electron chi connectivity index (χ2n) is 3.54. The highest BCUT2D eigenvalue weighted by molar-refractivity contribution is 7.93. The van der Waals surface area contributed by atoms with Crippen LogP contribution in [-0.4, -0.2) is 43.0 Å². The van der Waals surface area contributed by atoms with Gasteiger partial charge in [-0.05, 0) is 6.07 Å². The molecule has 1 aromatic rings. The number of aromatic nitrogens is 1. The Labute approximate surface area is 111 Å². The molecule has 1 heterocycles. The number of hydrogen-bond acceptors (Lipinski definition) is 5. The average Bonchev–Trinajstić information content (AvgIpc) is 2.24. The zero-order valence-electron chi connectivity index (χ0n) is 9.72. The molecule has 11 heteroatoms. The highest BCUT2D eigenvalue weighted by atomic mass is 32.2. The summed E-state index contributed by atoms with van der Waals surface area (Å²) in [5.41, 5.74) is -0.0920. The molecule has 0 aliphatic rings. The topological polar surface area (TPSA) is 106 Å². The van der Waals surface area contributed by atoms with Crippen molar-refractivity contribution >= 4 is 21.7 Å². The summed E-state index contributed by atoms with van der Waals surface area (Å²) < 4.78 is 64.3. The van der Waals surface area contributed by atoms with E-state index in [2.05, 4.69) is 9.72 Å². The molecule has 0 amide bonds. The first-order chi connectivity index (χ1) is 9.07. The Balaban J connectivity index is 2.65. The summed E-state index contributed by atoms with van der Waals surface area (Å²) in [5.74, 6) is -3.03. The molecule has 0 radical (unpaired) electrons. The van der Waals surface area contributed by atoms with Crippen LogP contribution in [0.2, 0.25) is 0 Å². The average molecular weight is 314 g/mol. The first-order valence-corrected chi connectivity index (χ1v) is 6.60. The van der Waals surface area contributed by atoms with Crippen LogP contribution in [0.15, 0.2) is 18.3 Å². The molecule has 0 fully saturated rings. The van der Waals surface area contributed by atoms with Crippen molar-refractivity contribution in [3.8, 4) is 5.88 Å². The van der Waals surface area contributed by atoms with Gasteiger partial charge >= 0.3 is 12.1 Å². The van der Waals surface area contributed by atoms with Crippen LogP contribution in [0.25, 0.3) is 0 Å². The van der Waals surface area contributed by atoms with Crippen LogP contribution >= 0.6 is 0 Å². The number of sulfonamides is 1. The number of nitrogens with zero attached hydrogens (tertiary/aromatic N) is 1. The maximum atomic E-state index is 11.9. The van der Waals surface area contributed by atoms with Gasteiger partial charge in [-0.2, -0.15) is 13.2 Å². The Bertz CT molecular complexity index is 570. The summed E-state index contributed by atoms with van der Waals surface area (Å²) in [6.45, 7) is -1.52. The lowest BCUT2D eigenvalue weighted by Gasteiger charge is -2.09. The Morgan fingerprint density at radius 3 is 2.50 bits per heavy atom. The number of nitrogens with one attached hydrogen (secondary N) is 1. The molecule has 112 valence electrons. The summed E-state index contributed by atoms with van der Waals surface area (Å²) in [6, 6.07) is 2.11. The van der Waals surface area contributed by atoms with Crippen LogP contribution in [0.5, 0.6) is 5.88 Å². The van der Waals surface area contributed by atoms with Gasteiger partial charge in [-0.25, -0.2) is 13.4 Å². The molecule has 1 aromatic heterocycles. The third-order valence-corrected chi connectivity index (χ3v) is 2.88. The predicted octanol–water partition coefficient (Wildman–Crippen LogP) is 0.849. The third-order valence-electron chi connectivity index (χ3n) is 1.71. The van der Waals surface area contributed by atoms with E-state index in [0.29, 0.717) is 0 Å². The van der Waals surface area contributed by atoms with Crippen LogP contribution in [0.3, 0.4) is 0 Å². The normalized spacial score (nSPS) is 11.9. The van der Waals surface area contributed by atoms with E-state index in [4.69, 9.17) is 5.11 Å². The summed E-state index contributed by atoms with van der Waals surface area (Å²) in [4.78, 5) is 13.7. The number of alkyl halides is 3. The maximum Gasteiger partial charge on any atom is 0.422 e. The largest absolute Gasteiger partial charge is 0.480 e. The number of carbonyl (C=O) groups is 1. The summed E-state index contributed by atoms with van der Waals surface area (Å²) in [7, 11) is -4.09. The van der Waals surface area contributed by atoms with E-state index in [1.54, 1.807) is 0 Å². The molecule has 0 atom stereocenters. The van der Waals surface area contributed by atoms with Crippen molar-refractivity contribution in [3.05, 3.63) is 18.3 Å². The standard InChI is InChI=1S/C9H9F3N2O5S/c10-9(11,12)5-19-7-2-1-6(3-13-7)14-20(17,18)4-8(15)16/h1-3,14H,4-5H2,(H,15,16). The van der Waals surface area contributed by atoms with Gasteiger partial charge in [-0.15, -0.1) is 0 Å². The molecule has 0 saturated heterocycles. The van der Waals surface area contributed by atoms with Gasteiger partial charge in [0.25, 0.3) is 0 Å². The van der Waals surface area contributed by atoms with Crippen LogP contribution in [0, 0.1) is 0 Å². The van der Waals surface area contributed by atoms with Crippen molar-refractivity contribution in [2.24, 2.45) is 0 Å². The van der Waals surface area contributed by atoms with E-state index in [0.717, 1.165) is 18.3 Å². The lowest BCUT2D eigenvalue weighted by Crippen LogP contribution is -2.22. The van der Waals surface area contributed by atoms with Crippen molar-refractivity contribution in [1.29, 1.82) is 0 Å². The molecule has 7 nitrogen and oxygen atoms in total. The molecule has 0 unspecified atom stereocenters.